The molecule has 0 aliphatic heterocycles. The van der Waals surface area contributed by atoms with Crippen LogP contribution in [-0.4, -0.2) is 34.4 Å². The molecular weight excluding hydrogens is 427 g/mol. The first-order valence-electron chi connectivity index (χ1n) is 6.89. The summed E-state index contributed by atoms with van der Waals surface area (Å²) in [6.45, 7) is 2.77. The van der Waals surface area contributed by atoms with Gasteiger partial charge in [-0.15, -0.1) is 0 Å². The molecular formula is C10H13B3F12NO2-3. The molecule has 18 heteroatoms. The smallest absolute Gasteiger partial charge is 0.445 e. The first-order valence-corrected chi connectivity index (χ1v) is 6.89. The molecule has 28 heavy (non-hydrogen) atoms. The number of alkyl carbamates (subject to hydrolysis) is 1. The van der Waals surface area contributed by atoms with Crippen LogP contribution in [0.4, 0.5) is 56.6 Å². The number of hydrogen-bond acceptors (Lipinski definition) is 2. The predicted molar refractivity (Wildman–Crippen MR) is 80.9 cm³/mol. The molecule has 1 aromatic carbocycles. The van der Waals surface area contributed by atoms with Crippen LogP contribution in [0.3, 0.4) is 0 Å². The van der Waals surface area contributed by atoms with Crippen molar-refractivity contribution in [2.24, 2.45) is 0 Å². The van der Waals surface area contributed by atoms with Crippen molar-refractivity contribution >= 4 is 27.9 Å². The molecule has 1 rings (SSSR count). The van der Waals surface area contributed by atoms with Crippen LogP contribution in [0.5, 0.6) is 0 Å². The molecule has 0 aliphatic carbocycles. The van der Waals surface area contributed by atoms with E-state index < -0.39 is 21.8 Å². The van der Waals surface area contributed by atoms with E-state index in [2.05, 4.69) is 5.32 Å². The monoisotopic (exact) mass is 440 g/mol. The molecule has 0 atom stereocenters. The quantitative estimate of drug-likeness (QED) is 0.475. The van der Waals surface area contributed by atoms with Gasteiger partial charge in [0.25, 0.3) is 0 Å². The van der Waals surface area contributed by atoms with Crippen molar-refractivity contribution in [3.8, 4) is 0 Å². The highest BCUT2D eigenvalue weighted by molar-refractivity contribution is 6.50. The molecule has 1 N–H and O–H groups in total. The SMILES string of the molecule is CCNC(=O)OCc1ccccc1.F[B-](F)(F)F.F[B-](F)(F)F.F[B-](F)(F)F. The lowest BCUT2D eigenvalue weighted by Crippen LogP contribution is -2.23. The summed E-state index contributed by atoms with van der Waals surface area (Å²) in [5, 5.41) is 2.55. The third-order valence-corrected chi connectivity index (χ3v) is 1.53. The van der Waals surface area contributed by atoms with E-state index in [4.69, 9.17) is 4.74 Å². The molecule has 166 valence electrons. The van der Waals surface area contributed by atoms with Crippen LogP contribution in [0.25, 0.3) is 0 Å². The van der Waals surface area contributed by atoms with Gasteiger partial charge >= 0.3 is 27.9 Å². The Kier molecular flexibility index (Phi) is 16.2. The van der Waals surface area contributed by atoms with Gasteiger partial charge < -0.3 is 61.8 Å². The van der Waals surface area contributed by atoms with Crippen LogP contribution in [0.1, 0.15) is 12.5 Å². The summed E-state index contributed by atoms with van der Waals surface area (Å²) in [6, 6.07) is 9.58. The van der Waals surface area contributed by atoms with Crippen molar-refractivity contribution in [2.75, 3.05) is 6.54 Å². The third-order valence-electron chi connectivity index (χ3n) is 1.53. The fourth-order valence-electron chi connectivity index (χ4n) is 0.918. The normalized spacial score (nSPS) is 10.8. The lowest BCUT2D eigenvalue weighted by Gasteiger charge is -2.04. The van der Waals surface area contributed by atoms with Gasteiger partial charge in [0.15, 0.2) is 0 Å². The molecule has 0 spiro atoms. The summed E-state index contributed by atoms with van der Waals surface area (Å²) in [5.74, 6) is 0. The average Bonchev–Trinajstić information content (AvgIpc) is 2.41. The Hall–Kier alpha value is -2.16. The van der Waals surface area contributed by atoms with Crippen molar-refractivity contribution in [1.29, 1.82) is 0 Å². The fourth-order valence-corrected chi connectivity index (χ4v) is 0.918. The van der Waals surface area contributed by atoms with Gasteiger partial charge in [-0.3, -0.25) is 0 Å². The van der Waals surface area contributed by atoms with Gasteiger partial charge in [0.05, 0.1) is 0 Å². The minimum absolute atomic E-state index is 0.326. The molecule has 0 saturated heterocycles. The Labute approximate surface area is 151 Å². The first kappa shape index (κ1) is 30.6. The molecule has 0 aromatic heterocycles. The minimum atomic E-state index is -6.00. The number of nitrogens with one attached hydrogen (secondary N) is 1. The molecule has 1 amide bonds. The lowest BCUT2D eigenvalue weighted by atomic mass is 10.2. The molecule has 0 unspecified atom stereocenters. The number of carbonyl (C=O) groups is 1. The van der Waals surface area contributed by atoms with E-state index in [1.807, 2.05) is 37.3 Å². The molecule has 0 bridgehead atoms. The molecule has 3 nitrogen and oxygen atoms in total. The van der Waals surface area contributed by atoms with Gasteiger partial charge in [0.1, 0.15) is 6.61 Å². The Morgan fingerprint density at radius 1 is 0.786 bits per heavy atom. The minimum Gasteiger partial charge on any atom is -0.445 e. The zero-order valence-electron chi connectivity index (χ0n) is 13.9. The zero-order chi connectivity index (χ0) is 23.0. The fraction of sp³-hybridized carbons (Fsp3) is 0.300. The summed E-state index contributed by atoms with van der Waals surface area (Å²) in [6.07, 6.45) is -0.369. The van der Waals surface area contributed by atoms with Gasteiger partial charge in [-0.2, -0.15) is 0 Å². The highest BCUT2D eigenvalue weighted by Crippen LogP contribution is 2.07. The summed E-state index contributed by atoms with van der Waals surface area (Å²) >= 11 is 0. The van der Waals surface area contributed by atoms with Crippen molar-refractivity contribution in [1.82, 2.24) is 5.32 Å². The number of benzene rings is 1. The Bertz CT molecular complexity index is 463. The van der Waals surface area contributed by atoms with Crippen molar-refractivity contribution in [3.05, 3.63) is 35.9 Å². The van der Waals surface area contributed by atoms with Gasteiger partial charge in [-0.1, -0.05) is 30.3 Å². The standard InChI is InChI=1S/C10H13NO2.3BF4/c1-2-11-10(12)13-8-9-6-4-3-5-7-9;3*2-1(3,4)5/h3-7H,2,8H2,1H3,(H,11,12);;;/q;3*-1. The summed E-state index contributed by atoms with van der Waals surface area (Å²) in [5.41, 5.74) is 0.994. The third kappa shape index (κ3) is 64.9. The van der Waals surface area contributed by atoms with Crippen LogP contribution in [0.15, 0.2) is 30.3 Å². The summed E-state index contributed by atoms with van der Waals surface area (Å²) in [4.78, 5) is 10.9. The van der Waals surface area contributed by atoms with E-state index in [1.54, 1.807) is 0 Å². The van der Waals surface area contributed by atoms with Gasteiger partial charge in [0, 0.05) is 6.54 Å². The van der Waals surface area contributed by atoms with Crippen molar-refractivity contribution < 1.29 is 61.3 Å². The van der Waals surface area contributed by atoms with Gasteiger partial charge in [0.2, 0.25) is 0 Å². The molecule has 1 aromatic rings. The number of carbonyl (C=O) groups excluding carboxylic acids is 1. The Balaban J connectivity index is -0.000000347. The maximum absolute atomic E-state index is 10.9. The van der Waals surface area contributed by atoms with Crippen LogP contribution in [0, 0.1) is 0 Å². The number of halogens is 12. The largest absolute Gasteiger partial charge is 0.673 e. The molecule has 0 radical (unpaired) electrons. The topological polar surface area (TPSA) is 38.3 Å². The van der Waals surface area contributed by atoms with Crippen molar-refractivity contribution in [3.63, 3.8) is 0 Å². The number of amides is 1. The molecule has 0 aliphatic rings. The van der Waals surface area contributed by atoms with E-state index in [-0.39, 0.29) is 6.09 Å². The number of rotatable bonds is 3. The second-order valence-electron chi connectivity index (χ2n) is 4.08. The maximum atomic E-state index is 10.9. The van der Waals surface area contributed by atoms with E-state index in [0.29, 0.717) is 13.2 Å². The average molecular weight is 440 g/mol. The highest BCUT2D eigenvalue weighted by Gasteiger charge is 2.21. The van der Waals surface area contributed by atoms with Crippen LogP contribution in [0.2, 0.25) is 0 Å². The zero-order valence-corrected chi connectivity index (χ0v) is 13.9. The van der Waals surface area contributed by atoms with E-state index in [9.17, 15) is 56.6 Å². The Morgan fingerprint density at radius 3 is 1.39 bits per heavy atom. The predicted octanol–water partition coefficient (Wildman–Crippen LogP) is 5.83. The van der Waals surface area contributed by atoms with Crippen LogP contribution >= 0.6 is 0 Å². The second-order valence-corrected chi connectivity index (χ2v) is 4.08. The first-order chi connectivity index (χ1) is 12.3. The van der Waals surface area contributed by atoms with Gasteiger partial charge in [-0.05, 0) is 12.5 Å². The lowest BCUT2D eigenvalue weighted by molar-refractivity contribution is 0.140. The molecule has 0 fully saturated rings. The van der Waals surface area contributed by atoms with Gasteiger partial charge in [-0.25, -0.2) is 4.79 Å². The van der Waals surface area contributed by atoms with Crippen LogP contribution < -0.4 is 5.32 Å². The summed E-state index contributed by atoms with van der Waals surface area (Å²) < 4.78 is 122. The van der Waals surface area contributed by atoms with E-state index in [1.165, 1.54) is 0 Å². The summed E-state index contributed by atoms with van der Waals surface area (Å²) in [7, 11) is -18.0. The van der Waals surface area contributed by atoms with Crippen molar-refractivity contribution in [2.45, 2.75) is 13.5 Å². The molecule has 0 saturated carbocycles. The molecule has 0 heterocycles. The number of ether oxygens (including phenoxy) is 1. The van der Waals surface area contributed by atoms with E-state index in [0.717, 1.165) is 5.56 Å². The Morgan fingerprint density at radius 2 is 1.11 bits per heavy atom. The maximum Gasteiger partial charge on any atom is 0.673 e. The second kappa shape index (κ2) is 14.8. The van der Waals surface area contributed by atoms with Crippen LogP contribution in [-0.2, 0) is 11.3 Å². The van der Waals surface area contributed by atoms with E-state index >= 15 is 0 Å². The highest BCUT2D eigenvalue weighted by atomic mass is 19.5. The number of hydrogen-bond donors (Lipinski definition) is 1.